The van der Waals surface area contributed by atoms with Crippen molar-refractivity contribution < 1.29 is 24.2 Å². The van der Waals surface area contributed by atoms with Gasteiger partial charge >= 0.3 is 5.97 Å². The predicted octanol–water partition coefficient (Wildman–Crippen LogP) is 4.27. The summed E-state index contributed by atoms with van der Waals surface area (Å²) in [5.41, 5.74) is 2.73. The van der Waals surface area contributed by atoms with Crippen molar-refractivity contribution in [3.05, 3.63) is 53.1 Å². The Morgan fingerprint density at radius 3 is 2.32 bits per heavy atom. The summed E-state index contributed by atoms with van der Waals surface area (Å²) in [6.45, 7) is 4.30. The number of anilines is 1. The summed E-state index contributed by atoms with van der Waals surface area (Å²) in [7, 11) is 2.87. The first-order chi connectivity index (χ1) is 13.3. The molecule has 0 aromatic heterocycles. The number of hydrogen-bond acceptors (Lipinski definition) is 4. The van der Waals surface area contributed by atoms with Crippen LogP contribution in [0.5, 0.6) is 11.5 Å². The van der Waals surface area contributed by atoms with E-state index < -0.39 is 5.97 Å². The summed E-state index contributed by atoms with van der Waals surface area (Å²) in [6.07, 6.45) is 0.769. The normalized spacial score (nSPS) is 17.9. The number of rotatable bonds is 7. The fourth-order valence-electron chi connectivity index (χ4n) is 3.39. The Kier molecular flexibility index (Phi) is 5.58. The van der Waals surface area contributed by atoms with Crippen LogP contribution in [0.25, 0.3) is 0 Å². The van der Waals surface area contributed by atoms with Crippen molar-refractivity contribution in [2.24, 2.45) is 5.92 Å². The minimum Gasteiger partial charge on any atom is -0.493 e. The molecule has 0 bridgehead atoms. The van der Waals surface area contributed by atoms with E-state index in [0.717, 1.165) is 12.0 Å². The minimum absolute atomic E-state index is 0.0181. The highest BCUT2D eigenvalue weighted by molar-refractivity contribution is 5.99. The van der Waals surface area contributed by atoms with Gasteiger partial charge in [-0.25, -0.2) is 4.79 Å². The van der Waals surface area contributed by atoms with Crippen LogP contribution in [0.1, 0.15) is 53.6 Å². The lowest BCUT2D eigenvalue weighted by atomic mass is 10.00. The largest absolute Gasteiger partial charge is 0.493 e. The maximum Gasteiger partial charge on any atom is 0.335 e. The number of methoxy groups -OCH3 is 2. The number of aromatic carboxylic acids is 1. The van der Waals surface area contributed by atoms with Crippen molar-refractivity contribution in [2.45, 2.75) is 32.1 Å². The van der Waals surface area contributed by atoms with Gasteiger partial charge in [-0.1, -0.05) is 38.1 Å². The van der Waals surface area contributed by atoms with Crippen molar-refractivity contribution in [1.29, 1.82) is 0 Å². The molecule has 0 spiro atoms. The van der Waals surface area contributed by atoms with E-state index in [0.29, 0.717) is 17.4 Å². The third-order valence-electron chi connectivity index (χ3n) is 5.14. The molecule has 2 N–H and O–H groups in total. The summed E-state index contributed by atoms with van der Waals surface area (Å²) >= 11 is 0. The van der Waals surface area contributed by atoms with Crippen LogP contribution in [0.4, 0.5) is 5.69 Å². The van der Waals surface area contributed by atoms with Gasteiger partial charge in [0.1, 0.15) is 0 Å². The van der Waals surface area contributed by atoms with Crippen molar-refractivity contribution >= 4 is 17.6 Å². The Morgan fingerprint density at radius 1 is 1.11 bits per heavy atom. The smallest absolute Gasteiger partial charge is 0.335 e. The molecule has 2 aromatic rings. The highest BCUT2D eigenvalue weighted by atomic mass is 16.5. The van der Waals surface area contributed by atoms with Crippen LogP contribution in [0.3, 0.4) is 0 Å². The average Bonchev–Trinajstić information content (AvgIpc) is 3.48. The van der Waals surface area contributed by atoms with Crippen LogP contribution in [0, 0.1) is 5.92 Å². The van der Waals surface area contributed by atoms with Crippen LogP contribution in [-0.4, -0.2) is 31.2 Å². The van der Waals surface area contributed by atoms with Gasteiger partial charge in [-0.15, -0.1) is 0 Å². The molecular formula is C22H25NO5. The van der Waals surface area contributed by atoms with Crippen LogP contribution < -0.4 is 14.8 Å². The second-order valence-electron chi connectivity index (χ2n) is 7.32. The third kappa shape index (κ3) is 3.96. The molecule has 2 unspecified atom stereocenters. The highest BCUT2D eigenvalue weighted by Gasteiger charge is 2.44. The molecule has 1 aliphatic rings. The fraction of sp³-hybridized carbons (Fsp3) is 0.364. The van der Waals surface area contributed by atoms with E-state index in [9.17, 15) is 14.7 Å². The summed E-state index contributed by atoms with van der Waals surface area (Å²) in [4.78, 5) is 24.1. The van der Waals surface area contributed by atoms with Gasteiger partial charge in [0.25, 0.3) is 0 Å². The van der Waals surface area contributed by atoms with E-state index in [1.165, 1.54) is 31.9 Å². The molecular weight excluding hydrogens is 358 g/mol. The Balaban J connectivity index is 1.76. The maximum atomic E-state index is 12.7. The molecule has 0 heterocycles. The van der Waals surface area contributed by atoms with Crippen molar-refractivity contribution in [2.75, 3.05) is 19.5 Å². The van der Waals surface area contributed by atoms with E-state index in [2.05, 4.69) is 43.4 Å². The lowest BCUT2D eigenvalue weighted by Crippen LogP contribution is -2.16. The monoisotopic (exact) mass is 383 g/mol. The number of carbonyl (C=O) groups excluding carboxylic acids is 1. The van der Waals surface area contributed by atoms with Gasteiger partial charge in [0.2, 0.25) is 5.91 Å². The van der Waals surface area contributed by atoms with Crippen LogP contribution in [0.2, 0.25) is 0 Å². The molecule has 28 heavy (non-hydrogen) atoms. The quantitative estimate of drug-likeness (QED) is 0.746. The van der Waals surface area contributed by atoms with E-state index in [1.54, 1.807) is 0 Å². The first-order valence-corrected chi connectivity index (χ1v) is 9.25. The Morgan fingerprint density at radius 2 is 1.79 bits per heavy atom. The maximum absolute atomic E-state index is 12.7. The fourth-order valence-corrected chi connectivity index (χ4v) is 3.39. The number of carboxylic acid groups (broad SMARTS) is 1. The number of carbonyl (C=O) groups is 2. The van der Waals surface area contributed by atoms with Crippen LogP contribution in [-0.2, 0) is 4.79 Å². The van der Waals surface area contributed by atoms with Crippen molar-refractivity contribution in [3.8, 4) is 11.5 Å². The molecule has 148 valence electrons. The lowest BCUT2D eigenvalue weighted by Gasteiger charge is -2.15. The van der Waals surface area contributed by atoms with Crippen molar-refractivity contribution in [3.63, 3.8) is 0 Å². The molecule has 1 aliphatic carbocycles. The Labute approximate surface area is 164 Å². The molecule has 1 saturated carbocycles. The number of hydrogen-bond donors (Lipinski definition) is 2. The van der Waals surface area contributed by atoms with Gasteiger partial charge in [0.05, 0.1) is 25.5 Å². The van der Waals surface area contributed by atoms with E-state index >= 15 is 0 Å². The summed E-state index contributed by atoms with van der Waals surface area (Å²) in [5, 5.41) is 12.1. The molecule has 1 fully saturated rings. The standard InChI is InChI=1S/C22H25NO5/c1-12(2)13-5-7-14(8-6-13)16-11-17(16)21(24)23-18-9-15(22(25)26)10-19(27-3)20(18)28-4/h5-10,12,16-17H,11H2,1-4H3,(H,23,24)(H,25,26). The van der Waals surface area contributed by atoms with Gasteiger partial charge in [0.15, 0.2) is 11.5 Å². The van der Waals surface area contributed by atoms with E-state index in [-0.39, 0.29) is 29.1 Å². The second kappa shape index (κ2) is 7.92. The Hall–Kier alpha value is -3.02. The molecule has 0 saturated heterocycles. The SMILES string of the molecule is COc1cc(C(=O)O)cc(NC(=O)C2CC2c2ccc(C(C)C)cc2)c1OC. The Bertz CT molecular complexity index is 889. The molecule has 6 heteroatoms. The van der Waals surface area contributed by atoms with Crippen LogP contribution >= 0.6 is 0 Å². The predicted molar refractivity (Wildman–Crippen MR) is 107 cm³/mol. The lowest BCUT2D eigenvalue weighted by molar-refractivity contribution is -0.117. The van der Waals surface area contributed by atoms with Gasteiger partial charge in [-0.05, 0) is 41.5 Å². The van der Waals surface area contributed by atoms with Gasteiger partial charge in [-0.3, -0.25) is 4.79 Å². The minimum atomic E-state index is -1.11. The first kappa shape index (κ1) is 19.7. The molecule has 6 nitrogen and oxygen atoms in total. The third-order valence-corrected chi connectivity index (χ3v) is 5.14. The zero-order chi connectivity index (χ0) is 20.4. The number of amides is 1. The van der Waals surface area contributed by atoms with Gasteiger partial charge in [0, 0.05) is 5.92 Å². The van der Waals surface area contributed by atoms with E-state index in [1.807, 2.05) is 0 Å². The summed E-state index contributed by atoms with van der Waals surface area (Å²) in [6, 6.07) is 11.1. The summed E-state index contributed by atoms with van der Waals surface area (Å²) < 4.78 is 10.5. The molecule has 3 rings (SSSR count). The van der Waals surface area contributed by atoms with Crippen molar-refractivity contribution in [1.82, 2.24) is 0 Å². The average molecular weight is 383 g/mol. The number of ether oxygens (including phenoxy) is 2. The molecule has 0 radical (unpaired) electrons. The zero-order valence-corrected chi connectivity index (χ0v) is 16.5. The second-order valence-corrected chi connectivity index (χ2v) is 7.32. The van der Waals surface area contributed by atoms with Gasteiger partial charge in [-0.2, -0.15) is 0 Å². The number of carboxylic acids is 1. The molecule has 0 aliphatic heterocycles. The van der Waals surface area contributed by atoms with Gasteiger partial charge < -0.3 is 19.9 Å². The van der Waals surface area contributed by atoms with Crippen LogP contribution in [0.15, 0.2) is 36.4 Å². The molecule has 2 aromatic carbocycles. The van der Waals surface area contributed by atoms with E-state index in [4.69, 9.17) is 9.47 Å². The number of benzene rings is 2. The number of nitrogens with one attached hydrogen (secondary N) is 1. The summed E-state index contributed by atoms with van der Waals surface area (Å²) in [5.74, 6) is -0.192. The molecule has 2 atom stereocenters. The molecule has 1 amide bonds. The zero-order valence-electron chi connectivity index (χ0n) is 16.5. The topological polar surface area (TPSA) is 84.9 Å². The highest BCUT2D eigenvalue weighted by Crippen LogP contribution is 2.48. The first-order valence-electron chi connectivity index (χ1n) is 9.25.